The molecule has 0 saturated heterocycles. The van der Waals surface area contributed by atoms with Crippen LogP contribution in [0.15, 0.2) is 71.6 Å². The number of sulfonamides is 1. The number of benzene rings is 3. The van der Waals surface area contributed by atoms with Crippen LogP contribution in [0.3, 0.4) is 0 Å². The normalized spacial score (nSPS) is 11.0. The number of halogens is 2. The minimum absolute atomic E-state index is 0.102. The topological polar surface area (TPSA) is 93.7 Å². The molecular weight excluding hydrogens is 459 g/mol. The summed E-state index contributed by atoms with van der Waals surface area (Å²) < 4.78 is 51.5. The quantitative estimate of drug-likeness (QED) is 0.452. The van der Waals surface area contributed by atoms with Crippen molar-refractivity contribution in [2.24, 2.45) is 0 Å². The average Bonchev–Trinajstić information content (AvgIpc) is 2.78. The molecule has 3 rings (SSSR count). The first kappa shape index (κ1) is 23.4. The lowest BCUT2D eigenvalue weighted by atomic mass is 10.2. The lowest BCUT2D eigenvalue weighted by Gasteiger charge is -2.13. The highest BCUT2D eigenvalue weighted by molar-refractivity contribution is 7.92. The van der Waals surface area contributed by atoms with Crippen LogP contribution in [-0.4, -0.2) is 34.6 Å². The number of amides is 1. The van der Waals surface area contributed by atoms with E-state index in [-0.39, 0.29) is 35.1 Å². The van der Waals surface area contributed by atoms with Crippen LogP contribution in [0.25, 0.3) is 0 Å². The maximum Gasteiger partial charge on any atom is 0.262 e. The molecule has 0 aliphatic carbocycles. The lowest BCUT2D eigenvalue weighted by molar-refractivity contribution is 0.0947. The summed E-state index contributed by atoms with van der Waals surface area (Å²) in [5.41, 5.74) is 0.334. The summed E-state index contributed by atoms with van der Waals surface area (Å²) in [6, 6.07) is 15.6. The Morgan fingerprint density at radius 2 is 1.81 bits per heavy atom. The minimum Gasteiger partial charge on any atom is -0.495 e. The van der Waals surface area contributed by atoms with E-state index in [0.29, 0.717) is 16.5 Å². The molecular formula is C22H20ClFN2O5S. The number of hydrogen-bond donors (Lipinski definition) is 2. The maximum atomic E-state index is 12.9. The molecule has 2 N–H and O–H groups in total. The maximum absolute atomic E-state index is 12.9. The minimum atomic E-state index is -4.01. The molecule has 0 radical (unpaired) electrons. The van der Waals surface area contributed by atoms with Gasteiger partial charge in [-0.05, 0) is 60.7 Å². The molecule has 3 aromatic carbocycles. The van der Waals surface area contributed by atoms with Crippen LogP contribution in [0.5, 0.6) is 11.5 Å². The highest BCUT2D eigenvalue weighted by atomic mass is 35.5. The van der Waals surface area contributed by atoms with E-state index in [9.17, 15) is 17.6 Å². The molecule has 0 aliphatic rings. The molecule has 1 amide bonds. The van der Waals surface area contributed by atoms with Gasteiger partial charge in [0.1, 0.15) is 23.9 Å². The Morgan fingerprint density at radius 1 is 1.06 bits per heavy atom. The molecule has 0 unspecified atom stereocenters. The molecule has 168 valence electrons. The number of hydrogen-bond acceptors (Lipinski definition) is 5. The van der Waals surface area contributed by atoms with Gasteiger partial charge in [0, 0.05) is 10.6 Å². The summed E-state index contributed by atoms with van der Waals surface area (Å²) >= 11 is 5.95. The van der Waals surface area contributed by atoms with Gasteiger partial charge in [-0.25, -0.2) is 12.8 Å². The number of carbonyl (C=O) groups excluding carboxylic acids is 1. The molecule has 3 aromatic rings. The van der Waals surface area contributed by atoms with Gasteiger partial charge in [-0.15, -0.1) is 0 Å². The molecule has 0 heterocycles. The lowest BCUT2D eigenvalue weighted by Crippen LogP contribution is -2.28. The first-order valence-corrected chi connectivity index (χ1v) is 11.3. The summed E-state index contributed by atoms with van der Waals surface area (Å²) in [6.45, 7) is 0.330. The van der Waals surface area contributed by atoms with Gasteiger partial charge in [-0.3, -0.25) is 9.52 Å². The summed E-state index contributed by atoms with van der Waals surface area (Å²) in [5.74, 6) is -0.0711. The number of rotatable bonds is 9. The van der Waals surface area contributed by atoms with E-state index in [0.717, 1.165) is 0 Å². The average molecular weight is 479 g/mol. The van der Waals surface area contributed by atoms with Crippen molar-refractivity contribution in [2.45, 2.75) is 4.90 Å². The third-order valence-corrected chi connectivity index (χ3v) is 5.88. The summed E-state index contributed by atoms with van der Waals surface area (Å²) in [4.78, 5) is 12.3. The van der Waals surface area contributed by atoms with Crippen molar-refractivity contribution in [3.8, 4) is 11.5 Å². The Bertz CT molecular complexity index is 1200. The van der Waals surface area contributed by atoms with Crippen LogP contribution in [0.4, 0.5) is 10.1 Å². The van der Waals surface area contributed by atoms with E-state index in [1.165, 1.54) is 67.8 Å². The van der Waals surface area contributed by atoms with Crippen LogP contribution in [0.1, 0.15) is 10.4 Å². The SMILES string of the molecule is COc1ccc(Cl)cc1NS(=O)(=O)c1cccc(C(=O)NCCOc2ccc(F)cc2)c1. The fourth-order valence-corrected chi connectivity index (χ4v) is 4.01. The zero-order chi connectivity index (χ0) is 23.1. The summed E-state index contributed by atoms with van der Waals surface area (Å²) in [5, 5.41) is 2.98. The predicted molar refractivity (Wildman–Crippen MR) is 119 cm³/mol. The molecule has 0 atom stereocenters. The highest BCUT2D eigenvalue weighted by Gasteiger charge is 2.18. The molecule has 0 aromatic heterocycles. The smallest absolute Gasteiger partial charge is 0.262 e. The number of ether oxygens (including phenoxy) is 2. The van der Waals surface area contributed by atoms with E-state index in [4.69, 9.17) is 21.1 Å². The van der Waals surface area contributed by atoms with Gasteiger partial charge < -0.3 is 14.8 Å². The van der Waals surface area contributed by atoms with E-state index in [1.807, 2.05) is 0 Å². The Balaban J connectivity index is 1.64. The van der Waals surface area contributed by atoms with E-state index < -0.39 is 15.9 Å². The molecule has 0 bridgehead atoms. The number of carbonyl (C=O) groups is 1. The third-order valence-electron chi connectivity index (χ3n) is 4.28. The van der Waals surface area contributed by atoms with E-state index in [2.05, 4.69) is 10.0 Å². The summed E-state index contributed by atoms with van der Waals surface area (Å²) in [7, 11) is -2.60. The van der Waals surface area contributed by atoms with Crippen LogP contribution in [0.2, 0.25) is 5.02 Å². The summed E-state index contributed by atoms with van der Waals surface area (Å²) in [6.07, 6.45) is 0. The van der Waals surface area contributed by atoms with Crippen LogP contribution < -0.4 is 19.5 Å². The number of anilines is 1. The van der Waals surface area contributed by atoms with E-state index in [1.54, 1.807) is 6.07 Å². The van der Waals surface area contributed by atoms with Crippen molar-refractivity contribution in [1.29, 1.82) is 0 Å². The first-order valence-electron chi connectivity index (χ1n) is 9.41. The molecule has 0 saturated carbocycles. The van der Waals surface area contributed by atoms with Crippen LogP contribution >= 0.6 is 11.6 Å². The van der Waals surface area contributed by atoms with Crippen molar-refractivity contribution in [3.63, 3.8) is 0 Å². The highest BCUT2D eigenvalue weighted by Crippen LogP contribution is 2.30. The zero-order valence-electron chi connectivity index (χ0n) is 17.0. The van der Waals surface area contributed by atoms with Crippen LogP contribution in [0, 0.1) is 5.82 Å². The Kier molecular flexibility index (Phi) is 7.55. The molecule has 0 aliphatic heterocycles. The Labute approximate surface area is 190 Å². The second kappa shape index (κ2) is 10.3. The van der Waals surface area contributed by atoms with Crippen molar-refractivity contribution in [2.75, 3.05) is 25.0 Å². The van der Waals surface area contributed by atoms with Gasteiger partial charge in [0.25, 0.3) is 15.9 Å². The van der Waals surface area contributed by atoms with Crippen molar-refractivity contribution < 1.29 is 27.1 Å². The molecule has 10 heteroatoms. The molecule has 32 heavy (non-hydrogen) atoms. The number of nitrogens with one attached hydrogen (secondary N) is 2. The Hall–Kier alpha value is -3.30. The monoisotopic (exact) mass is 478 g/mol. The van der Waals surface area contributed by atoms with Gasteiger partial charge in [-0.2, -0.15) is 0 Å². The molecule has 0 fully saturated rings. The molecule has 0 spiro atoms. The standard InChI is InChI=1S/C22H20ClFN2O5S/c1-30-21-10-5-16(23)14-20(21)26-32(28,29)19-4-2-3-15(13-19)22(27)25-11-12-31-18-8-6-17(24)7-9-18/h2-10,13-14,26H,11-12H2,1H3,(H,25,27). The predicted octanol–water partition coefficient (Wildman–Crippen LogP) is 4.10. The van der Waals surface area contributed by atoms with E-state index >= 15 is 0 Å². The zero-order valence-corrected chi connectivity index (χ0v) is 18.5. The molecule has 7 nitrogen and oxygen atoms in total. The van der Waals surface area contributed by atoms with Gasteiger partial charge in [-0.1, -0.05) is 17.7 Å². The van der Waals surface area contributed by atoms with Gasteiger partial charge in [0.2, 0.25) is 0 Å². The first-order chi connectivity index (χ1) is 15.3. The fraction of sp³-hybridized carbons (Fsp3) is 0.136. The largest absolute Gasteiger partial charge is 0.495 e. The van der Waals surface area contributed by atoms with Gasteiger partial charge in [0.05, 0.1) is 24.2 Å². The van der Waals surface area contributed by atoms with Crippen molar-refractivity contribution in [3.05, 3.63) is 83.1 Å². The number of methoxy groups -OCH3 is 1. The third kappa shape index (κ3) is 6.12. The van der Waals surface area contributed by atoms with Crippen molar-refractivity contribution >= 4 is 33.2 Å². The Morgan fingerprint density at radius 3 is 2.53 bits per heavy atom. The van der Waals surface area contributed by atoms with Crippen molar-refractivity contribution in [1.82, 2.24) is 5.32 Å². The second-order valence-electron chi connectivity index (χ2n) is 6.54. The van der Waals surface area contributed by atoms with Crippen LogP contribution in [-0.2, 0) is 10.0 Å². The fourth-order valence-electron chi connectivity index (χ4n) is 2.73. The van der Waals surface area contributed by atoms with Gasteiger partial charge >= 0.3 is 0 Å². The second-order valence-corrected chi connectivity index (χ2v) is 8.66. The van der Waals surface area contributed by atoms with Gasteiger partial charge in [0.15, 0.2) is 0 Å².